The molecule has 0 bridgehead atoms. The molecule has 7 heavy (non-hydrogen) atoms. The fourth-order valence-corrected chi connectivity index (χ4v) is 0. The first-order valence-electron chi connectivity index (χ1n) is 1.64. The Morgan fingerprint density at radius 1 is 1.00 bits per heavy atom. The second-order valence-corrected chi connectivity index (χ2v) is 0. The van der Waals surface area contributed by atoms with E-state index in [1.807, 2.05) is 0 Å². The third-order valence-corrected chi connectivity index (χ3v) is 0. The molecular weight excluding hydrogens is 171 g/mol. The molecule has 0 aliphatic carbocycles. The van der Waals surface area contributed by atoms with Crippen molar-refractivity contribution in [2.24, 2.45) is 0 Å². The smallest absolute Gasteiger partial charge is 0.553 e. The van der Waals surface area contributed by atoms with Crippen molar-refractivity contribution in [1.29, 1.82) is 0 Å². The van der Waals surface area contributed by atoms with E-state index in [2.05, 4.69) is 13.8 Å². The number of rotatable bonds is 0. The van der Waals surface area contributed by atoms with Crippen molar-refractivity contribution >= 4 is 0 Å². The van der Waals surface area contributed by atoms with Crippen LogP contribution < -0.4 is 0 Å². The van der Waals surface area contributed by atoms with Crippen LogP contribution >= 0.6 is 0 Å². The van der Waals surface area contributed by atoms with Crippen molar-refractivity contribution in [3.63, 3.8) is 0 Å². The SMILES string of the molecule is [CH2-]C.[CH2-]C.[NH-]O.[Nb+3]. The number of hydrogen-bond donors (Lipinski definition) is 1. The first-order chi connectivity index (χ1) is 3.00. The summed E-state index contributed by atoms with van der Waals surface area (Å²) in [5, 5.41) is 6.25. The fraction of sp³-hybridized carbons (Fsp3) is 0.500. The summed E-state index contributed by atoms with van der Waals surface area (Å²) < 4.78 is 0. The van der Waals surface area contributed by atoms with Crippen LogP contribution in [0, 0.1) is 13.8 Å². The predicted octanol–water partition coefficient (Wildman–Crippen LogP) is 2.11. The summed E-state index contributed by atoms with van der Waals surface area (Å²) in [6.45, 7) is 10.0. The van der Waals surface area contributed by atoms with Crippen LogP contribution in [0.3, 0.4) is 0 Å². The first-order valence-corrected chi connectivity index (χ1v) is 1.64. The van der Waals surface area contributed by atoms with Crippen molar-refractivity contribution in [3.8, 4) is 0 Å². The van der Waals surface area contributed by atoms with Crippen LogP contribution in [-0.4, -0.2) is 5.21 Å². The molecule has 2 N–H and O–H groups in total. The summed E-state index contributed by atoms with van der Waals surface area (Å²) in [5.41, 5.74) is 0. The minimum absolute atomic E-state index is 0. The van der Waals surface area contributed by atoms with Gasteiger partial charge in [-0.3, -0.25) is 0 Å². The van der Waals surface area contributed by atoms with Gasteiger partial charge in [-0.05, 0) is 0 Å². The predicted molar refractivity (Wildman–Crippen MR) is 28.2 cm³/mol. The average molecular weight is 183 g/mol. The van der Waals surface area contributed by atoms with Gasteiger partial charge in [0.15, 0.2) is 0 Å². The second kappa shape index (κ2) is 489. The molecule has 0 amide bonds. The van der Waals surface area contributed by atoms with Crippen LogP contribution in [0.4, 0.5) is 0 Å². The molecule has 0 heterocycles. The van der Waals surface area contributed by atoms with Crippen LogP contribution in [0.15, 0.2) is 0 Å². The Morgan fingerprint density at radius 2 is 1.00 bits per heavy atom. The molecule has 0 saturated heterocycles. The fourth-order valence-electron chi connectivity index (χ4n) is 0. The molecule has 3 heteroatoms. The number of hydrogen-bond acceptors (Lipinski definition) is 1. The molecule has 0 unspecified atom stereocenters. The Bertz CT molecular complexity index is 11.7. The molecule has 0 aromatic heterocycles. The largest absolute Gasteiger partial charge is 3.00 e. The zero-order valence-electron chi connectivity index (χ0n) is 4.81. The molecular formula is C4H12NNbO. The Labute approximate surface area is 61.6 Å². The second-order valence-electron chi connectivity index (χ2n) is 0. The monoisotopic (exact) mass is 183 g/mol. The molecule has 0 aliphatic heterocycles. The summed E-state index contributed by atoms with van der Waals surface area (Å²) in [5.74, 6) is 4.75. The normalized spacial score (nSPS) is 2.57. The summed E-state index contributed by atoms with van der Waals surface area (Å²) in [4.78, 5) is 0. The van der Waals surface area contributed by atoms with Crippen LogP contribution in [0.5, 0.6) is 0 Å². The Morgan fingerprint density at radius 3 is 1.00 bits per heavy atom. The molecule has 0 aliphatic rings. The van der Waals surface area contributed by atoms with E-state index >= 15 is 0 Å². The Hall–Kier alpha value is 0.660. The van der Waals surface area contributed by atoms with Gasteiger partial charge in [-0.2, -0.15) is 13.8 Å². The Balaban J connectivity index is -0.00000000900. The van der Waals surface area contributed by atoms with Crippen molar-refractivity contribution in [2.75, 3.05) is 0 Å². The molecule has 0 fully saturated rings. The van der Waals surface area contributed by atoms with Gasteiger partial charge < -0.3 is 25.0 Å². The maximum atomic E-state index is 6.25. The van der Waals surface area contributed by atoms with Crippen LogP contribution in [-0.2, 0) is 22.4 Å². The van der Waals surface area contributed by atoms with E-state index in [0.29, 0.717) is 0 Å². The molecule has 44 valence electrons. The molecule has 0 saturated carbocycles. The van der Waals surface area contributed by atoms with E-state index in [0.717, 1.165) is 0 Å². The standard InChI is InChI=1S/2C2H5.H2NO.Nb/c3*1-2;/h2*1H2,2H3;1-2H;/q3*-1;+3. The minimum Gasteiger partial charge on any atom is -0.553 e. The van der Waals surface area contributed by atoms with E-state index in [4.69, 9.17) is 11.1 Å². The van der Waals surface area contributed by atoms with Crippen molar-refractivity contribution in [1.82, 2.24) is 0 Å². The molecule has 0 aromatic carbocycles. The maximum absolute atomic E-state index is 6.25. The van der Waals surface area contributed by atoms with Gasteiger partial charge in [-0.1, -0.05) is 0 Å². The van der Waals surface area contributed by atoms with Gasteiger partial charge in [0.05, 0.1) is 0 Å². The Kier molecular flexibility index (Phi) is 1770. The summed E-state index contributed by atoms with van der Waals surface area (Å²) in [6, 6.07) is 0. The quantitative estimate of drug-likeness (QED) is 0.349. The van der Waals surface area contributed by atoms with E-state index in [1.54, 1.807) is 13.8 Å². The van der Waals surface area contributed by atoms with Crippen LogP contribution in [0.25, 0.3) is 5.90 Å². The van der Waals surface area contributed by atoms with E-state index < -0.39 is 0 Å². The molecule has 0 radical (unpaired) electrons. The van der Waals surface area contributed by atoms with Crippen LogP contribution in [0.1, 0.15) is 13.8 Å². The van der Waals surface area contributed by atoms with Crippen molar-refractivity contribution in [3.05, 3.63) is 19.7 Å². The van der Waals surface area contributed by atoms with Gasteiger partial charge in [-0.15, -0.1) is 0 Å². The molecule has 0 atom stereocenters. The van der Waals surface area contributed by atoms with Gasteiger partial charge in [0.1, 0.15) is 0 Å². The van der Waals surface area contributed by atoms with Gasteiger partial charge in [0.25, 0.3) is 0 Å². The summed E-state index contributed by atoms with van der Waals surface area (Å²) in [6.07, 6.45) is 0. The van der Waals surface area contributed by atoms with Crippen molar-refractivity contribution < 1.29 is 27.6 Å². The summed E-state index contributed by atoms with van der Waals surface area (Å²) >= 11 is 0. The molecule has 2 nitrogen and oxygen atoms in total. The minimum atomic E-state index is 0. The van der Waals surface area contributed by atoms with Gasteiger partial charge >= 0.3 is 22.4 Å². The molecule has 0 rings (SSSR count). The topological polar surface area (TPSA) is 44.0 Å². The maximum Gasteiger partial charge on any atom is 3.00 e. The average Bonchev–Trinajstić information content (AvgIpc) is 1.81. The van der Waals surface area contributed by atoms with E-state index in [1.165, 1.54) is 0 Å². The number of nitrogens with one attached hydrogen (secondary N) is 1. The van der Waals surface area contributed by atoms with Gasteiger partial charge in [0, 0.05) is 0 Å². The first kappa shape index (κ1) is 25.4. The third-order valence-electron chi connectivity index (χ3n) is 0. The zero-order valence-corrected chi connectivity index (χ0v) is 7.01. The third kappa shape index (κ3) is 332. The van der Waals surface area contributed by atoms with Crippen LogP contribution in [0.2, 0.25) is 0 Å². The van der Waals surface area contributed by atoms with E-state index in [-0.39, 0.29) is 22.4 Å². The summed E-state index contributed by atoms with van der Waals surface area (Å²) in [7, 11) is 0. The van der Waals surface area contributed by atoms with Gasteiger partial charge in [-0.25, -0.2) is 0 Å². The van der Waals surface area contributed by atoms with Gasteiger partial charge in [0.2, 0.25) is 0 Å². The zero-order chi connectivity index (χ0) is 6.00. The molecule has 0 aromatic rings. The van der Waals surface area contributed by atoms with Crippen molar-refractivity contribution in [2.45, 2.75) is 13.8 Å². The van der Waals surface area contributed by atoms with E-state index in [9.17, 15) is 0 Å². The molecule has 0 spiro atoms.